The van der Waals surface area contributed by atoms with Crippen molar-refractivity contribution < 1.29 is 23.4 Å². The van der Waals surface area contributed by atoms with Gasteiger partial charge in [0, 0.05) is 13.3 Å². The highest BCUT2D eigenvalue weighted by Crippen LogP contribution is 2.49. The summed E-state index contributed by atoms with van der Waals surface area (Å²) >= 11 is 4.98. The van der Waals surface area contributed by atoms with Crippen LogP contribution in [0.4, 0.5) is 5.82 Å². The molecule has 150 valence electrons. The van der Waals surface area contributed by atoms with Gasteiger partial charge in [-0.05, 0) is 30.2 Å². The number of anilines is 1. The van der Waals surface area contributed by atoms with Crippen molar-refractivity contribution >= 4 is 24.3 Å². The molecule has 0 saturated carbocycles. The maximum Gasteiger partial charge on any atom is 0.351 e. The van der Waals surface area contributed by atoms with Gasteiger partial charge in [0.05, 0.1) is 6.10 Å². The van der Waals surface area contributed by atoms with Gasteiger partial charge in [-0.2, -0.15) is 4.98 Å². The summed E-state index contributed by atoms with van der Waals surface area (Å²) in [4.78, 5) is 26.2. The second kappa shape index (κ2) is 9.26. The number of nitrogen functional groups attached to an aromatic ring is 1. The summed E-state index contributed by atoms with van der Waals surface area (Å²) in [6.07, 6.45) is 4.37. The highest BCUT2D eigenvalue weighted by Gasteiger charge is 2.49. The van der Waals surface area contributed by atoms with Crippen molar-refractivity contribution in [2.45, 2.75) is 44.8 Å². The first-order valence-corrected chi connectivity index (χ1v) is 10.9. The van der Waals surface area contributed by atoms with Crippen molar-refractivity contribution in [3.8, 4) is 12.3 Å². The Labute approximate surface area is 163 Å². The quantitative estimate of drug-likeness (QED) is 0.472. The number of hydrogen-bond donors (Lipinski definition) is 2. The van der Waals surface area contributed by atoms with Crippen molar-refractivity contribution in [1.82, 2.24) is 9.55 Å². The predicted molar refractivity (Wildman–Crippen MR) is 103 cm³/mol. The molecule has 0 aromatic carbocycles. The third kappa shape index (κ3) is 5.59. The van der Waals surface area contributed by atoms with E-state index in [9.17, 15) is 9.69 Å². The Hall–Kier alpha value is -1.31. The van der Waals surface area contributed by atoms with Gasteiger partial charge in [0.2, 0.25) is 0 Å². The molecule has 3 N–H and O–H groups in total. The minimum atomic E-state index is -3.51. The van der Waals surface area contributed by atoms with Gasteiger partial charge < -0.3 is 24.6 Å². The van der Waals surface area contributed by atoms with Crippen LogP contribution in [0.25, 0.3) is 0 Å². The van der Waals surface area contributed by atoms with Crippen LogP contribution in [0.2, 0.25) is 0 Å². The molecule has 0 amide bonds. The van der Waals surface area contributed by atoms with Crippen LogP contribution in [0.15, 0.2) is 17.1 Å². The molecular formula is C16H24N3O6PS. The van der Waals surface area contributed by atoms with Crippen molar-refractivity contribution in [3.63, 3.8) is 0 Å². The fraction of sp³-hybridized carbons (Fsp3) is 0.625. The van der Waals surface area contributed by atoms with E-state index in [0.29, 0.717) is 6.42 Å². The van der Waals surface area contributed by atoms with E-state index in [1.54, 1.807) is 0 Å². The van der Waals surface area contributed by atoms with Crippen LogP contribution < -0.4 is 11.4 Å². The van der Waals surface area contributed by atoms with Crippen LogP contribution in [0.3, 0.4) is 0 Å². The molecule has 0 spiro atoms. The second-order valence-corrected chi connectivity index (χ2v) is 9.34. The molecular weight excluding hydrogens is 393 g/mol. The van der Waals surface area contributed by atoms with Crippen LogP contribution in [-0.4, -0.2) is 46.5 Å². The second-order valence-electron chi connectivity index (χ2n) is 6.44. The van der Waals surface area contributed by atoms with E-state index in [0.717, 1.165) is 0 Å². The van der Waals surface area contributed by atoms with Crippen molar-refractivity contribution in [2.75, 3.05) is 19.5 Å². The number of ether oxygens (including phenoxy) is 2. The summed E-state index contributed by atoms with van der Waals surface area (Å²) in [5, 5.41) is 0. The third-order valence-electron chi connectivity index (χ3n) is 3.96. The van der Waals surface area contributed by atoms with E-state index in [4.69, 9.17) is 42.5 Å². The molecule has 11 heteroatoms. The molecule has 2 heterocycles. The smallest absolute Gasteiger partial charge is 0.351 e. The molecule has 1 fully saturated rings. The zero-order chi connectivity index (χ0) is 20.2. The zero-order valence-corrected chi connectivity index (χ0v) is 17.1. The maximum atomic E-state index is 12.3. The molecule has 9 nitrogen and oxygen atoms in total. The van der Waals surface area contributed by atoms with Gasteiger partial charge in [0.15, 0.2) is 6.23 Å². The highest BCUT2D eigenvalue weighted by atomic mass is 32.5. The minimum Gasteiger partial charge on any atom is -0.383 e. The van der Waals surface area contributed by atoms with Gasteiger partial charge in [-0.25, -0.2) is 4.79 Å². The summed E-state index contributed by atoms with van der Waals surface area (Å²) in [7, 11) is 1.26. The number of nitrogens with two attached hydrogens (primary N) is 1. The normalized spacial score (nSPS) is 27.4. The first-order valence-electron chi connectivity index (χ1n) is 8.30. The van der Waals surface area contributed by atoms with E-state index in [1.807, 2.05) is 13.8 Å². The Morgan fingerprint density at radius 3 is 2.81 bits per heavy atom. The van der Waals surface area contributed by atoms with E-state index in [-0.39, 0.29) is 18.3 Å². The highest BCUT2D eigenvalue weighted by molar-refractivity contribution is 8.07. The lowest BCUT2D eigenvalue weighted by molar-refractivity contribution is -0.0630. The van der Waals surface area contributed by atoms with E-state index < -0.39 is 36.9 Å². The molecule has 27 heavy (non-hydrogen) atoms. The average molecular weight is 417 g/mol. The summed E-state index contributed by atoms with van der Waals surface area (Å²) in [6, 6.07) is 1.47. The predicted octanol–water partition coefficient (Wildman–Crippen LogP) is 1.04. The van der Waals surface area contributed by atoms with Gasteiger partial charge in [-0.15, -0.1) is 6.42 Å². The van der Waals surface area contributed by atoms with Crippen LogP contribution >= 0.6 is 6.72 Å². The van der Waals surface area contributed by atoms with Crippen molar-refractivity contribution in [1.29, 1.82) is 0 Å². The van der Waals surface area contributed by atoms with Gasteiger partial charge >= 0.3 is 12.4 Å². The van der Waals surface area contributed by atoms with E-state index >= 15 is 0 Å². The van der Waals surface area contributed by atoms with Crippen LogP contribution in [0, 0.1) is 18.3 Å². The lowest BCUT2D eigenvalue weighted by Gasteiger charge is -2.27. The third-order valence-corrected chi connectivity index (χ3v) is 5.64. The molecule has 0 aliphatic carbocycles. The SMILES string of the molecule is C#CCOC1C(OP(O)(=S)OC)C(CC(C)C)OC1n1ccc(N)nc1=O. The number of rotatable bonds is 8. The Morgan fingerprint density at radius 2 is 2.26 bits per heavy atom. The van der Waals surface area contributed by atoms with Crippen molar-refractivity contribution in [2.24, 2.45) is 5.92 Å². The van der Waals surface area contributed by atoms with Crippen LogP contribution in [0.5, 0.6) is 0 Å². The molecule has 0 bridgehead atoms. The number of terminal acetylenes is 1. The lowest BCUT2D eigenvalue weighted by Crippen LogP contribution is -2.39. The Kier molecular flexibility index (Phi) is 7.54. The standard InChI is InChI=1S/C16H24N3O6PS/c1-5-8-23-14-13(25-26(21,27)22-4)11(9-10(2)3)24-15(14)19-7-6-12(17)18-16(19)20/h1,6-7,10-11,13-15H,8-9H2,2-4H3,(H,21,27)(H2,17,18,20). The van der Waals surface area contributed by atoms with E-state index in [2.05, 4.69) is 10.9 Å². The molecule has 1 saturated heterocycles. The van der Waals surface area contributed by atoms with Gasteiger partial charge in [0.25, 0.3) is 0 Å². The summed E-state index contributed by atoms with van der Waals surface area (Å²) in [5.74, 6) is 2.71. The lowest BCUT2D eigenvalue weighted by atomic mass is 10.0. The maximum absolute atomic E-state index is 12.3. The number of hydrogen-bond acceptors (Lipinski definition) is 8. The first-order chi connectivity index (χ1) is 12.7. The molecule has 1 aliphatic heterocycles. The largest absolute Gasteiger partial charge is 0.383 e. The first kappa shape index (κ1) is 22.0. The Balaban J connectivity index is 2.44. The molecule has 5 atom stereocenters. The monoisotopic (exact) mass is 417 g/mol. The van der Waals surface area contributed by atoms with Gasteiger partial charge in [-0.3, -0.25) is 9.09 Å². The minimum absolute atomic E-state index is 0.0444. The fourth-order valence-corrected chi connectivity index (χ4v) is 3.80. The molecule has 0 radical (unpaired) electrons. The molecule has 2 rings (SSSR count). The Morgan fingerprint density at radius 1 is 1.56 bits per heavy atom. The number of aromatic nitrogens is 2. The molecule has 5 unspecified atom stereocenters. The molecule has 1 aromatic heterocycles. The van der Waals surface area contributed by atoms with Crippen molar-refractivity contribution in [3.05, 3.63) is 22.7 Å². The zero-order valence-electron chi connectivity index (χ0n) is 15.3. The summed E-state index contributed by atoms with van der Waals surface area (Å²) < 4.78 is 23.6. The topological polar surface area (TPSA) is 118 Å². The average Bonchev–Trinajstić information content (AvgIpc) is 2.89. The number of nitrogens with zero attached hydrogens (tertiary/aromatic N) is 2. The molecule has 1 aliphatic rings. The Bertz CT molecular complexity index is 795. The molecule has 1 aromatic rings. The fourth-order valence-electron chi connectivity index (χ4n) is 2.85. The summed E-state index contributed by atoms with van der Waals surface area (Å²) in [6.45, 7) is 0.458. The van der Waals surface area contributed by atoms with Gasteiger partial charge in [-0.1, -0.05) is 19.8 Å². The summed E-state index contributed by atoms with van der Waals surface area (Å²) in [5.41, 5.74) is 4.95. The van der Waals surface area contributed by atoms with E-state index in [1.165, 1.54) is 23.9 Å². The van der Waals surface area contributed by atoms with Gasteiger partial charge in [0.1, 0.15) is 24.6 Å². The van der Waals surface area contributed by atoms with Crippen LogP contribution in [0.1, 0.15) is 26.5 Å². The van der Waals surface area contributed by atoms with Crippen LogP contribution in [-0.2, 0) is 30.3 Å².